The van der Waals surface area contributed by atoms with E-state index in [1.54, 1.807) is 0 Å². The van der Waals surface area contributed by atoms with E-state index in [2.05, 4.69) is 18.7 Å². The smallest absolute Gasteiger partial charge is 0.120 e. The van der Waals surface area contributed by atoms with E-state index in [0.29, 0.717) is 4.99 Å². The SMILES string of the molecule is CCC(CC)CN1CCOC(C(N)=S)C1. The summed E-state index contributed by atoms with van der Waals surface area (Å²) in [4.78, 5) is 2.91. The third-order valence-electron chi connectivity index (χ3n) is 3.14. The molecule has 4 heteroatoms. The van der Waals surface area contributed by atoms with Crippen molar-refractivity contribution in [2.24, 2.45) is 11.7 Å². The zero-order valence-corrected chi connectivity index (χ0v) is 10.6. The number of nitrogens with two attached hydrogens (primary N) is 1. The molecular formula is C11H22N2OS. The monoisotopic (exact) mass is 230 g/mol. The van der Waals surface area contributed by atoms with Gasteiger partial charge in [-0.05, 0) is 5.92 Å². The number of thiocarbonyl (C=S) groups is 1. The lowest BCUT2D eigenvalue weighted by Crippen LogP contribution is -2.48. The van der Waals surface area contributed by atoms with Gasteiger partial charge in [-0.15, -0.1) is 0 Å². The first-order valence-corrected chi connectivity index (χ1v) is 6.21. The summed E-state index contributed by atoms with van der Waals surface area (Å²) in [5.74, 6) is 0.787. The van der Waals surface area contributed by atoms with Gasteiger partial charge in [-0.3, -0.25) is 4.90 Å². The van der Waals surface area contributed by atoms with Crippen LogP contribution in [0.3, 0.4) is 0 Å². The Bertz CT molecular complexity index is 207. The quantitative estimate of drug-likeness (QED) is 0.725. The van der Waals surface area contributed by atoms with Crippen molar-refractivity contribution in [3.8, 4) is 0 Å². The van der Waals surface area contributed by atoms with Crippen LogP contribution in [-0.2, 0) is 4.74 Å². The molecule has 0 aromatic rings. The molecule has 0 aromatic heterocycles. The first-order valence-electron chi connectivity index (χ1n) is 5.80. The molecule has 0 radical (unpaired) electrons. The molecule has 0 amide bonds. The van der Waals surface area contributed by atoms with Crippen LogP contribution in [0.15, 0.2) is 0 Å². The van der Waals surface area contributed by atoms with Gasteiger partial charge in [0.2, 0.25) is 0 Å². The molecule has 3 nitrogen and oxygen atoms in total. The summed E-state index contributed by atoms with van der Waals surface area (Å²) in [7, 11) is 0. The highest BCUT2D eigenvalue weighted by molar-refractivity contribution is 7.80. The molecule has 1 aliphatic rings. The van der Waals surface area contributed by atoms with Gasteiger partial charge in [-0.25, -0.2) is 0 Å². The van der Waals surface area contributed by atoms with Crippen LogP contribution >= 0.6 is 12.2 Å². The van der Waals surface area contributed by atoms with Crippen molar-refractivity contribution < 1.29 is 4.74 Å². The molecule has 88 valence electrons. The lowest BCUT2D eigenvalue weighted by Gasteiger charge is -2.34. The second-order valence-electron chi connectivity index (χ2n) is 4.20. The van der Waals surface area contributed by atoms with Gasteiger partial charge >= 0.3 is 0 Å². The molecule has 0 aliphatic carbocycles. The van der Waals surface area contributed by atoms with Gasteiger partial charge in [-0.1, -0.05) is 38.9 Å². The molecular weight excluding hydrogens is 208 g/mol. The zero-order chi connectivity index (χ0) is 11.3. The van der Waals surface area contributed by atoms with Crippen molar-refractivity contribution in [3.05, 3.63) is 0 Å². The maximum atomic E-state index is 5.60. The average Bonchev–Trinajstić information content (AvgIpc) is 2.26. The molecule has 0 spiro atoms. The van der Waals surface area contributed by atoms with Gasteiger partial charge in [0, 0.05) is 19.6 Å². The van der Waals surface area contributed by atoms with E-state index in [1.165, 1.54) is 12.8 Å². The van der Waals surface area contributed by atoms with Crippen LogP contribution in [0.1, 0.15) is 26.7 Å². The van der Waals surface area contributed by atoms with E-state index in [9.17, 15) is 0 Å². The Morgan fingerprint density at radius 2 is 2.20 bits per heavy atom. The molecule has 1 atom stereocenters. The summed E-state index contributed by atoms with van der Waals surface area (Å²) in [6.45, 7) is 8.28. The summed E-state index contributed by atoms with van der Waals surface area (Å²) < 4.78 is 5.51. The fourth-order valence-corrected chi connectivity index (χ4v) is 2.10. The Labute approximate surface area is 98.0 Å². The van der Waals surface area contributed by atoms with Crippen LogP contribution in [0, 0.1) is 5.92 Å². The number of rotatable bonds is 5. The normalized spacial score (nSPS) is 23.3. The van der Waals surface area contributed by atoms with Gasteiger partial charge in [0.1, 0.15) is 11.1 Å². The molecule has 1 heterocycles. The number of nitrogens with zero attached hydrogens (tertiary/aromatic N) is 1. The van der Waals surface area contributed by atoms with Crippen LogP contribution in [0.25, 0.3) is 0 Å². The van der Waals surface area contributed by atoms with Crippen LogP contribution in [0.5, 0.6) is 0 Å². The van der Waals surface area contributed by atoms with E-state index in [4.69, 9.17) is 22.7 Å². The van der Waals surface area contributed by atoms with Crippen LogP contribution in [-0.4, -0.2) is 42.2 Å². The van der Waals surface area contributed by atoms with Crippen molar-refractivity contribution in [3.63, 3.8) is 0 Å². The van der Waals surface area contributed by atoms with Gasteiger partial charge < -0.3 is 10.5 Å². The minimum absolute atomic E-state index is 0.0388. The standard InChI is InChI=1S/C11H22N2OS/c1-3-9(4-2)7-13-5-6-14-10(8-13)11(12)15/h9-10H,3-8H2,1-2H3,(H2,12,15). The second-order valence-corrected chi connectivity index (χ2v) is 4.68. The van der Waals surface area contributed by atoms with Gasteiger partial charge in [-0.2, -0.15) is 0 Å². The highest BCUT2D eigenvalue weighted by Gasteiger charge is 2.23. The highest BCUT2D eigenvalue weighted by Crippen LogP contribution is 2.13. The average molecular weight is 230 g/mol. The fourth-order valence-electron chi connectivity index (χ4n) is 1.95. The number of hydrogen-bond donors (Lipinski definition) is 1. The third kappa shape index (κ3) is 4.05. The summed E-state index contributed by atoms with van der Waals surface area (Å²) in [6.07, 6.45) is 2.44. The van der Waals surface area contributed by atoms with Gasteiger partial charge in [0.05, 0.1) is 6.61 Å². The van der Waals surface area contributed by atoms with Crippen molar-refractivity contribution in [1.29, 1.82) is 0 Å². The Morgan fingerprint density at radius 3 is 2.73 bits per heavy atom. The zero-order valence-electron chi connectivity index (χ0n) is 9.74. The summed E-state index contributed by atoms with van der Waals surface area (Å²) in [5.41, 5.74) is 5.60. The number of hydrogen-bond acceptors (Lipinski definition) is 3. The number of morpholine rings is 1. The molecule has 1 fully saturated rings. The maximum Gasteiger partial charge on any atom is 0.120 e. The summed E-state index contributed by atoms with van der Waals surface area (Å²) in [6, 6.07) is 0. The van der Waals surface area contributed by atoms with Gasteiger partial charge in [0.25, 0.3) is 0 Å². The largest absolute Gasteiger partial charge is 0.391 e. The molecule has 1 saturated heterocycles. The molecule has 1 aliphatic heterocycles. The first kappa shape index (κ1) is 12.9. The van der Waals surface area contributed by atoms with Gasteiger partial charge in [0.15, 0.2) is 0 Å². The van der Waals surface area contributed by atoms with E-state index in [1.807, 2.05) is 0 Å². The molecule has 0 aromatic carbocycles. The molecule has 0 bridgehead atoms. The van der Waals surface area contributed by atoms with Crippen LogP contribution in [0.4, 0.5) is 0 Å². The van der Waals surface area contributed by atoms with Crippen LogP contribution < -0.4 is 5.73 Å². The molecule has 2 N–H and O–H groups in total. The van der Waals surface area contributed by atoms with Crippen molar-refractivity contribution in [2.45, 2.75) is 32.8 Å². The Hall–Kier alpha value is -0.190. The van der Waals surface area contributed by atoms with Crippen LogP contribution in [0.2, 0.25) is 0 Å². The van der Waals surface area contributed by atoms with E-state index >= 15 is 0 Å². The second kappa shape index (κ2) is 6.40. The lowest BCUT2D eigenvalue weighted by atomic mass is 10.0. The number of ether oxygens (including phenoxy) is 1. The first-order chi connectivity index (χ1) is 7.17. The Morgan fingerprint density at radius 1 is 1.53 bits per heavy atom. The topological polar surface area (TPSA) is 38.5 Å². The molecule has 1 unspecified atom stereocenters. The maximum absolute atomic E-state index is 5.60. The summed E-state index contributed by atoms with van der Waals surface area (Å²) in [5, 5.41) is 0. The Balaban J connectivity index is 2.38. The third-order valence-corrected chi connectivity index (χ3v) is 3.40. The summed E-state index contributed by atoms with van der Waals surface area (Å²) >= 11 is 4.96. The minimum atomic E-state index is -0.0388. The Kier molecular flexibility index (Phi) is 5.50. The molecule has 1 rings (SSSR count). The van der Waals surface area contributed by atoms with Crippen molar-refractivity contribution in [2.75, 3.05) is 26.2 Å². The van der Waals surface area contributed by atoms with E-state index < -0.39 is 0 Å². The minimum Gasteiger partial charge on any atom is -0.391 e. The van der Waals surface area contributed by atoms with Crippen molar-refractivity contribution in [1.82, 2.24) is 4.90 Å². The fraction of sp³-hybridized carbons (Fsp3) is 0.909. The van der Waals surface area contributed by atoms with E-state index in [0.717, 1.165) is 32.2 Å². The molecule has 0 saturated carbocycles. The van der Waals surface area contributed by atoms with Crippen molar-refractivity contribution >= 4 is 17.2 Å². The van der Waals surface area contributed by atoms with E-state index in [-0.39, 0.29) is 6.10 Å². The molecule has 15 heavy (non-hydrogen) atoms. The predicted molar refractivity (Wildman–Crippen MR) is 67.0 cm³/mol. The highest BCUT2D eigenvalue weighted by atomic mass is 32.1. The lowest BCUT2D eigenvalue weighted by molar-refractivity contribution is 0.000963. The predicted octanol–water partition coefficient (Wildman–Crippen LogP) is 1.41.